The second kappa shape index (κ2) is 10.3. The highest BCUT2D eigenvalue weighted by molar-refractivity contribution is 5.89. The number of aliphatic carboxylic acids is 1. The normalized spacial score (nSPS) is 12.0. The first-order chi connectivity index (χ1) is 14.5. The minimum absolute atomic E-state index is 0.121. The number of hydrogen-bond donors (Lipinski definition) is 2. The molecule has 0 bridgehead atoms. The van der Waals surface area contributed by atoms with Crippen LogP contribution in [0.15, 0.2) is 30.5 Å². The number of carboxylic acids is 1. The predicted octanol–water partition coefficient (Wildman–Crippen LogP) is 5.14. The Labute approximate surface area is 183 Å². The van der Waals surface area contributed by atoms with Gasteiger partial charge >= 0.3 is 0 Å². The number of anilines is 1. The summed E-state index contributed by atoms with van der Waals surface area (Å²) in [4.78, 5) is 24.6. The molecule has 0 unspecified atom stereocenters. The van der Waals surface area contributed by atoms with Crippen molar-refractivity contribution in [2.75, 3.05) is 11.9 Å². The average molecular weight is 429 g/mol. The molecule has 0 saturated heterocycles. The number of nitrogens with zero attached hydrogens (tertiary/aromatic N) is 1. The standard InChI is InChI=1S/C22H28N2O3.C2H4O2/c1-14(2)10-22(4,5)13-27-17-6-7-18-19-9-21(24-15(3)25)23-11-16(19)12-26-20(18)8-17;1-2(3)4/h6-9,11,14H,10,12-13H2,1-5H3,(H,23,24,25);1H3,(H,3,4). The summed E-state index contributed by atoms with van der Waals surface area (Å²) < 4.78 is 12.0. The van der Waals surface area contributed by atoms with Gasteiger partial charge in [0.05, 0.1) is 6.61 Å². The molecule has 0 fully saturated rings. The molecule has 1 aromatic carbocycles. The van der Waals surface area contributed by atoms with E-state index in [4.69, 9.17) is 19.4 Å². The Balaban J connectivity index is 0.000000785. The van der Waals surface area contributed by atoms with Crippen LogP contribution in [0.4, 0.5) is 5.82 Å². The van der Waals surface area contributed by atoms with Gasteiger partial charge in [0.25, 0.3) is 5.97 Å². The summed E-state index contributed by atoms with van der Waals surface area (Å²) in [7, 11) is 0. The fraction of sp³-hybridized carbons (Fsp3) is 0.458. The Hall–Kier alpha value is -3.09. The lowest BCUT2D eigenvalue weighted by molar-refractivity contribution is -0.134. The lowest BCUT2D eigenvalue weighted by Crippen LogP contribution is -2.23. The maximum Gasteiger partial charge on any atom is 0.300 e. The molecule has 7 nitrogen and oxygen atoms in total. The van der Waals surface area contributed by atoms with Crippen molar-refractivity contribution in [1.82, 2.24) is 4.98 Å². The lowest BCUT2D eigenvalue weighted by Gasteiger charge is -2.27. The van der Waals surface area contributed by atoms with E-state index in [1.165, 1.54) is 6.92 Å². The number of ether oxygens (including phenoxy) is 2. The maximum atomic E-state index is 11.3. The molecule has 31 heavy (non-hydrogen) atoms. The van der Waals surface area contributed by atoms with Crippen molar-refractivity contribution >= 4 is 17.7 Å². The van der Waals surface area contributed by atoms with Gasteiger partial charge in [0.1, 0.15) is 23.9 Å². The van der Waals surface area contributed by atoms with E-state index in [1.807, 2.05) is 24.3 Å². The van der Waals surface area contributed by atoms with E-state index >= 15 is 0 Å². The number of nitrogens with one attached hydrogen (secondary N) is 1. The smallest absolute Gasteiger partial charge is 0.300 e. The van der Waals surface area contributed by atoms with Gasteiger partial charge < -0.3 is 19.9 Å². The Morgan fingerprint density at radius 3 is 2.52 bits per heavy atom. The highest BCUT2D eigenvalue weighted by Crippen LogP contribution is 2.40. The molecule has 0 radical (unpaired) electrons. The number of amides is 1. The summed E-state index contributed by atoms with van der Waals surface area (Å²) in [5, 5.41) is 10.2. The number of pyridine rings is 1. The van der Waals surface area contributed by atoms with Crippen molar-refractivity contribution in [1.29, 1.82) is 0 Å². The van der Waals surface area contributed by atoms with E-state index in [0.717, 1.165) is 41.5 Å². The van der Waals surface area contributed by atoms with Gasteiger partial charge in [-0.3, -0.25) is 9.59 Å². The number of carboxylic acid groups (broad SMARTS) is 1. The van der Waals surface area contributed by atoms with Crippen LogP contribution in [0.3, 0.4) is 0 Å². The quantitative estimate of drug-likeness (QED) is 0.661. The topological polar surface area (TPSA) is 97.8 Å². The van der Waals surface area contributed by atoms with Crippen molar-refractivity contribution in [2.45, 2.75) is 54.6 Å². The molecule has 0 saturated carbocycles. The summed E-state index contributed by atoms with van der Waals surface area (Å²) in [6.07, 6.45) is 2.86. The molecular formula is C24H32N2O5. The summed E-state index contributed by atoms with van der Waals surface area (Å²) in [6.45, 7) is 12.6. The average Bonchev–Trinajstić information content (AvgIpc) is 2.64. The van der Waals surface area contributed by atoms with Gasteiger partial charge in [0.15, 0.2) is 0 Å². The number of fused-ring (bicyclic) bond motifs is 3. The molecule has 3 rings (SSSR count). The highest BCUT2D eigenvalue weighted by Gasteiger charge is 2.22. The summed E-state index contributed by atoms with van der Waals surface area (Å²) in [6, 6.07) is 7.82. The predicted molar refractivity (Wildman–Crippen MR) is 120 cm³/mol. The molecule has 2 N–H and O–H groups in total. The van der Waals surface area contributed by atoms with Gasteiger partial charge in [-0.25, -0.2) is 4.98 Å². The van der Waals surface area contributed by atoms with Crippen LogP contribution in [0.2, 0.25) is 0 Å². The number of hydrogen-bond acceptors (Lipinski definition) is 5. The van der Waals surface area contributed by atoms with Crippen LogP contribution in [0, 0.1) is 11.3 Å². The fourth-order valence-electron chi connectivity index (χ4n) is 3.63. The molecule has 7 heteroatoms. The summed E-state index contributed by atoms with van der Waals surface area (Å²) in [5.74, 6) is 1.82. The lowest BCUT2D eigenvalue weighted by atomic mass is 9.85. The van der Waals surface area contributed by atoms with Crippen LogP contribution in [0.5, 0.6) is 11.5 Å². The van der Waals surface area contributed by atoms with Gasteiger partial charge in [-0.1, -0.05) is 27.7 Å². The molecule has 2 aromatic rings. The Morgan fingerprint density at radius 1 is 1.23 bits per heavy atom. The molecule has 2 heterocycles. The largest absolute Gasteiger partial charge is 0.493 e. The van der Waals surface area contributed by atoms with E-state index in [1.54, 1.807) is 6.20 Å². The molecule has 0 aliphatic carbocycles. The fourth-order valence-corrected chi connectivity index (χ4v) is 3.63. The molecule has 1 aliphatic heterocycles. The zero-order valence-electron chi connectivity index (χ0n) is 19.1. The van der Waals surface area contributed by atoms with Crippen LogP contribution in [0.25, 0.3) is 11.1 Å². The second-order valence-corrected chi connectivity index (χ2v) is 8.92. The Bertz CT molecular complexity index is 934. The first-order valence-corrected chi connectivity index (χ1v) is 10.3. The van der Waals surface area contributed by atoms with Crippen molar-refractivity contribution in [2.24, 2.45) is 11.3 Å². The molecular weight excluding hydrogens is 396 g/mol. The first-order valence-electron chi connectivity index (χ1n) is 10.3. The summed E-state index contributed by atoms with van der Waals surface area (Å²) >= 11 is 0. The van der Waals surface area contributed by atoms with Gasteiger partial charge in [-0.2, -0.15) is 0 Å². The maximum absolute atomic E-state index is 11.3. The van der Waals surface area contributed by atoms with Gasteiger partial charge in [-0.05, 0) is 41.5 Å². The van der Waals surface area contributed by atoms with Crippen molar-refractivity contribution in [3.05, 3.63) is 36.0 Å². The zero-order chi connectivity index (χ0) is 23.2. The molecule has 1 amide bonds. The van der Waals surface area contributed by atoms with E-state index < -0.39 is 5.97 Å². The number of carbonyl (C=O) groups excluding carboxylic acids is 1. The van der Waals surface area contributed by atoms with Crippen molar-refractivity contribution in [3.63, 3.8) is 0 Å². The third-order valence-corrected chi connectivity index (χ3v) is 4.51. The number of aromatic nitrogens is 1. The molecule has 0 spiro atoms. The van der Waals surface area contributed by atoms with Crippen LogP contribution in [0.1, 0.15) is 53.5 Å². The molecule has 1 aromatic heterocycles. The second-order valence-electron chi connectivity index (χ2n) is 8.92. The van der Waals surface area contributed by atoms with Gasteiger partial charge in [0, 0.05) is 37.2 Å². The van der Waals surface area contributed by atoms with E-state index in [2.05, 4.69) is 38.0 Å². The SMILES string of the molecule is CC(=O)Nc1cc2c(cn1)COc1cc(OCC(C)(C)CC(C)C)ccc1-2.CC(=O)O. The van der Waals surface area contributed by atoms with E-state index in [0.29, 0.717) is 24.9 Å². The van der Waals surface area contributed by atoms with Crippen LogP contribution >= 0.6 is 0 Å². The highest BCUT2D eigenvalue weighted by atomic mass is 16.5. The minimum Gasteiger partial charge on any atom is -0.493 e. The van der Waals surface area contributed by atoms with E-state index in [9.17, 15) is 4.79 Å². The Morgan fingerprint density at radius 2 is 1.90 bits per heavy atom. The van der Waals surface area contributed by atoms with E-state index in [-0.39, 0.29) is 11.3 Å². The monoisotopic (exact) mass is 428 g/mol. The number of benzene rings is 1. The van der Waals surface area contributed by atoms with Crippen LogP contribution in [-0.4, -0.2) is 28.6 Å². The van der Waals surface area contributed by atoms with Crippen molar-refractivity contribution in [3.8, 4) is 22.6 Å². The van der Waals surface area contributed by atoms with Crippen molar-refractivity contribution < 1.29 is 24.2 Å². The number of rotatable bonds is 6. The van der Waals surface area contributed by atoms with Gasteiger partial charge in [-0.15, -0.1) is 0 Å². The van der Waals surface area contributed by atoms with Crippen LogP contribution < -0.4 is 14.8 Å². The van der Waals surface area contributed by atoms with Crippen LogP contribution in [-0.2, 0) is 16.2 Å². The third-order valence-electron chi connectivity index (χ3n) is 4.51. The minimum atomic E-state index is -0.833. The Kier molecular flexibility index (Phi) is 8.02. The van der Waals surface area contributed by atoms with Gasteiger partial charge in [0.2, 0.25) is 5.91 Å². The molecule has 168 valence electrons. The summed E-state index contributed by atoms with van der Waals surface area (Å²) in [5.41, 5.74) is 3.14. The zero-order valence-corrected chi connectivity index (χ0v) is 19.1. The molecule has 0 atom stereocenters. The third kappa shape index (κ3) is 7.59. The number of carbonyl (C=O) groups is 2. The molecule has 1 aliphatic rings. The first kappa shape index (κ1) is 24.2.